The molecule has 35 heavy (non-hydrogen) atoms. The fraction of sp³-hybridized carbons (Fsp3) is 0.500. The van der Waals surface area contributed by atoms with Crippen molar-refractivity contribution in [3.63, 3.8) is 0 Å². The number of hydrogen-bond donors (Lipinski definition) is 1. The molecule has 1 aliphatic carbocycles. The van der Waals surface area contributed by atoms with Crippen LogP contribution < -0.4 is 15.5 Å². The van der Waals surface area contributed by atoms with Crippen molar-refractivity contribution in [2.45, 2.75) is 70.7 Å². The Morgan fingerprint density at radius 1 is 1.29 bits per heavy atom. The van der Waals surface area contributed by atoms with E-state index in [4.69, 9.17) is 14.2 Å². The van der Waals surface area contributed by atoms with Crippen LogP contribution in [-0.2, 0) is 14.3 Å². The summed E-state index contributed by atoms with van der Waals surface area (Å²) in [7, 11) is 0. The van der Waals surface area contributed by atoms with E-state index in [1.807, 2.05) is 0 Å². The molecule has 0 spiro atoms. The Bertz CT molecular complexity index is 1240. The van der Waals surface area contributed by atoms with Gasteiger partial charge in [0.05, 0.1) is 23.6 Å². The molecule has 1 saturated heterocycles. The van der Waals surface area contributed by atoms with Crippen LogP contribution in [0.4, 0.5) is 4.39 Å². The minimum Gasteiger partial charge on any atom is -0.472 e. The maximum absolute atomic E-state index is 15.3. The van der Waals surface area contributed by atoms with Gasteiger partial charge in [0.2, 0.25) is 11.5 Å². The summed E-state index contributed by atoms with van der Waals surface area (Å²) in [4.78, 5) is 38.8. The number of carbonyl (C=O) groups is 2. The molecule has 2 fully saturated rings. The first-order valence-corrected chi connectivity index (χ1v) is 11.8. The highest BCUT2D eigenvalue weighted by Crippen LogP contribution is 2.40. The van der Waals surface area contributed by atoms with Gasteiger partial charge in [-0.1, -0.05) is 12.2 Å². The monoisotopic (exact) mass is 486 g/mol. The molecule has 1 aromatic heterocycles. The van der Waals surface area contributed by atoms with Crippen molar-refractivity contribution < 1.29 is 28.2 Å². The number of nitrogens with one attached hydrogen (secondary N) is 1. The van der Waals surface area contributed by atoms with Crippen LogP contribution in [0, 0.1) is 5.82 Å². The molecule has 1 unspecified atom stereocenters. The Hall–Kier alpha value is -3.20. The molecule has 2 aliphatic rings. The van der Waals surface area contributed by atoms with E-state index >= 15 is 4.39 Å². The van der Waals surface area contributed by atoms with Crippen LogP contribution >= 0.6 is 0 Å². The number of carbonyl (C=O) groups excluding carboxylic acids is 2. The van der Waals surface area contributed by atoms with Gasteiger partial charge in [-0.15, -0.1) is 0 Å². The van der Waals surface area contributed by atoms with Crippen molar-refractivity contribution in [1.29, 1.82) is 0 Å². The van der Waals surface area contributed by atoms with Gasteiger partial charge in [0.1, 0.15) is 11.2 Å². The standard InChI is InChI=1S/C26H31FN2O6/c1-6-33-24(31)17-13-29(15-7-8-15)20-16(21(17)30)9-10-18(27)22(20)34-23(19-11-14(2)12-28-19)25(32)35-26(3,4)5/h9-10,13,15,19,23,28H,2,6-8,11-12H2,1,3-5H3/t19-,23?/m0/s1. The molecule has 1 saturated carbocycles. The molecule has 1 aromatic carbocycles. The van der Waals surface area contributed by atoms with Crippen LogP contribution in [0.15, 0.2) is 35.3 Å². The second-order valence-corrected chi connectivity index (χ2v) is 10.0. The van der Waals surface area contributed by atoms with Crippen LogP contribution in [-0.4, -0.2) is 47.4 Å². The molecule has 8 nitrogen and oxygen atoms in total. The molecule has 2 aromatic rings. The summed E-state index contributed by atoms with van der Waals surface area (Å²) in [6, 6.07) is 1.93. The molecular formula is C26H31FN2O6. The van der Waals surface area contributed by atoms with Gasteiger partial charge in [-0.25, -0.2) is 14.0 Å². The second-order valence-electron chi connectivity index (χ2n) is 10.0. The predicted molar refractivity (Wildman–Crippen MR) is 128 cm³/mol. The summed E-state index contributed by atoms with van der Waals surface area (Å²) >= 11 is 0. The van der Waals surface area contributed by atoms with Gasteiger partial charge >= 0.3 is 11.9 Å². The van der Waals surface area contributed by atoms with Gasteiger partial charge < -0.3 is 24.1 Å². The van der Waals surface area contributed by atoms with Crippen molar-refractivity contribution in [2.24, 2.45) is 0 Å². The van der Waals surface area contributed by atoms with E-state index in [2.05, 4.69) is 11.9 Å². The highest BCUT2D eigenvalue weighted by Gasteiger charge is 2.38. The number of fused-ring (bicyclic) bond motifs is 1. The molecule has 0 bridgehead atoms. The summed E-state index contributed by atoms with van der Waals surface area (Å²) in [5, 5.41) is 3.30. The highest BCUT2D eigenvalue weighted by atomic mass is 19.1. The smallest absolute Gasteiger partial charge is 0.349 e. The predicted octanol–water partition coefficient (Wildman–Crippen LogP) is 3.66. The number of nitrogens with zero attached hydrogens (tertiary/aromatic N) is 1. The zero-order valence-corrected chi connectivity index (χ0v) is 20.5. The van der Waals surface area contributed by atoms with Crippen molar-refractivity contribution in [3.8, 4) is 5.75 Å². The number of hydrogen-bond acceptors (Lipinski definition) is 7. The molecule has 9 heteroatoms. The Morgan fingerprint density at radius 2 is 2.00 bits per heavy atom. The fourth-order valence-electron chi connectivity index (χ4n) is 4.23. The van der Waals surface area contributed by atoms with Crippen LogP contribution in [0.3, 0.4) is 0 Å². The summed E-state index contributed by atoms with van der Waals surface area (Å²) < 4.78 is 33.7. The third-order valence-electron chi connectivity index (χ3n) is 5.91. The molecule has 4 rings (SSSR count). The van der Waals surface area contributed by atoms with Gasteiger partial charge in [-0.2, -0.15) is 0 Å². The van der Waals surface area contributed by atoms with Crippen molar-refractivity contribution >= 4 is 22.8 Å². The molecule has 0 radical (unpaired) electrons. The number of pyridine rings is 1. The second kappa shape index (κ2) is 9.45. The van der Waals surface area contributed by atoms with Gasteiger partial charge in [0, 0.05) is 18.8 Å². The fourth-order valence-corrected chi connectivity index (χ4v) is 4.23. The summed E-state index contributed by atoms with van der Waals surface area (Å²) in [5.74, 6) is -2.33. The van der Waals surface area contributed by atoms with Gasteiger partial charge in [-0.3, -0.25) is 4.79 Å². The quantitative estimate of drug-likeness (QED) is 0.471. The van der Waals surface area contributed by atoms with Gasteiger partial charge in [0.25, 0.3) is 0 Å². The number of aromatic nitrogens is 1. The largest absolute Gasteiger partial charge is 0.472 e. The van der Waals surface area contributed by atoms with E-state index in [0.29, 0.717) is 13.0 Å². The minimum atomic E-state index is -1.18. The molecule has 2 atom stereocenters. The summed E-state index contributed by atoms with van der Waals surface area (Å²) in [5.41, 5.74) is -0.394. The number of ether oxygens (including phenoxy) is 3. The lowest BCUT2D eigenvalue weighted by Gasteiger charge is -2.28. The number of esters is 2. The van der Waals surface area contributed by atoms with Crippen molar-refractivity contribution in [2.75, 3.05) is 13.2 Å². The summed E-state index contributed by atoms with van der Waals surface area (Å²) in [6.45, 7) is 11.5. The average Bonchev–Trinajstić information content (AvgIpc) is 3.52. The first-order valence-electron chi connectivity index (χ1n) is 11.8. The maximum Gasteiger partial charge on any atom is 0.349 e. The highest BCUT2D eigenvalue weighted by molar-refractivity contribution is 5.95. The SMILES string of the molecule is C=C1CN[C@H](C(Oc2c(F)ccc3c(=O)c(C(=O)OCC)cn(C4CC4)c23)C(=O)OC(C)(C)C)C1. The molecule has 0 amide bonds. The third kappa shape index (κ3) is 5.24. The Kier molecular flexibility index (Phi) is 6.73. The van der Waals surface area contributed by atoms with E-state index in [-0.39, 0.29) is 34.9 Å². The van der Waals surface area contributed by atoms with Gasteiger partial charge in [0.15, 0.2) is 11.6 Å². The van der Waals surface area contributed by atoms with Crippen molar-refractivity contribution in [1.82, 2.24) is 9.88 Å². The Morgan fingerprint density at radius 3 is 2.57 bits per heavy atom. The van der Waals surface area contributed by atoms with Gasteiger partial charge in [-0.05, 0) is 59.1 Å². The Balaban J connectivity index is 1.85. The first-order chi connectivity index (χ1) is 16.5. The minimum absolute atomic E-state index is 0.0280. The lowest BCUT2D eigenvalue weighted by Crippen LogP contribution is -2.47. The first kappa shape index (κ1) is 24.9. The van der Waals surface area contributed by atoms with E-state index in [0.717, 1.165) is 24.5 Å². The molecule has 188 valence electrons. The number of halogens is 1. The zero-order valence-electron chi connectivity index (χ0n) is 20.5. The normalized spacial score (nSPS) is 19.0. The molecule has 1 aliphatic heterocycles. The maximum atomic E-state index is 15.3. The van der Waals surface area contributed by atoms with Crippen LogP contribution in [0.1, 0.15) is 63.4 Å². The Labute approximate surface area is 203 Å². The van der Waals surface area contributed by atoms with E-state index in [1.165, 1.54) is 12.3 Å². The van der Waals surface area contributed by atoms with E-state index in [9.17, 15) is 14.4 Å². The topological polar surface area (TPSA) is 95.9 Å². The van der Waals surface area contributed by atoms with Crippen LogP contribution in [0.25, 0.3) is 10.9 Å². The summed E-state index contributed by atoms with van der Waals surface area (Å²) in [6.07, 6.45) is 2.29. The van der Waals surface area contributed by atoms with E-state index in [1.54, 1.807) is 32.3 Å². The lowest BCUT2D eigenvalue weighted by molar-refractivity contribution is -0.164. The molecule has 1 N–H and O–H groups in total. The van der Waals surface area contributed by atoms with E-state index < -0.39 is 40.9 Å². The third-order valence-corrected chi connectivity index (χ3v) is 5.91. The van der Waals surface area contributed by atoms with Crippen molar-refractivity contribution in [3.05, 3.63) is 52.1 Å². The number of benzene rings is 1. The number of rotatable bonds is 7. The average molecular weight is 487 g/mol. The lowest BCUT2D eigenvalue weighted by atomic mass is 10.1. The molecule has 2 heterocycles. The molecular weight excluding hydrogens is 455 g/mol. The van der Waals surface area contributed by atoms with Crippen LogP contribution in [0.5, 0.6) is 5.75 Å². The van der Waals surface area contributed by atoms with Crippen LogP contribution in [0.2, 0.25) is 0 Å². The zero-order chi connectivity index (χ0) is 25.5.